The van der Waals surface area contributed by atoms with E-state index in [2.05, 4.69) is 50.4 Å². The molecule has 0 fully saturated rings. The van der Waals surface area contributed by atoms with E-state index in [0.717, 1.165) is 64.2 Å². The average Bonchev–Trinajstić information content (AvgIpc) is 3.26. The van der Waals surface area contributed by atoms with E-state index in [0.29, 0.717) is 19.3 Å². The van der Waals surface area contributed by atoms with Crippen molar-refractivity contribution in [1.29, 1.82) is 0 Å². The Kier molecular flexibility index (Phi) is 49.0. The molecule has 0 aliphatic carbocycles. The lowest BCUT2D eigenvalue weighted by atomic mass is 10.0. The molecule has 0 heterocycles. The van der Waals surface area contributed by atoms with Crippen LogP contribution in [0.4, 0.5) is 0 Å². The molecule has 6 nitrogen and oxygen atoms in total. The van der Waals surface area contributed by atoms with Crippen LogP contribution >= 0.6 is 0 Å². The Labute approximate surface area is 386 Å². The third-order valence-electron chi connectivity index (χ3n) is 12.8. The number of aliphatic hydroxyl groups is 2. The minimum absolute atomic E-state index is 0.0753. The summed E-state index contributed by atoms with van der Waals surface area (Å²) in [5.74, 6) is -0.471. The molecule has 0 aliphatic heterocycles. The SMILES string of the molecule is CCCCCCCC/C=C/CCCCCCCCCCCC(=O)OC(CCCCCCC/C=C/CCCCCCCC)CC(=O)NC(CO)C(O)CCCCCCCCCCC. The summed E-state index contributed by atoms with van der Waals surface area (Å²) >= 11 is 0. The molecule has 3 atom stereocenters. The van der Waals surface area contributed by atoms with Gasteiger partial charge in [0, 0.05) is 6.42 Å². The highest BCUT2D eigenvalue weighted by molar-refractivity contribution is 5.77. The number of hydrogen-bond donors (Lipinski definition) is 3. The third-order valence-corrected chi connectivity index (χ3v) is 12.8. The van der Waals surface area contributed by atoms with Crippen LogP contribution in [0.25, 0.3) is 0 Å². The zero-order chi connectivity index (χ0) is 45.2. The molecule has 6 heteroatoms. The van der Waals surface area contributed by atoms with Crippen molar-refractivity contribution in [1.82, 2.24) is 5.32 Å². The summed E-state index contributed by atoms with van der Waals surface area (Å²) in [5.41, 5.74) is 0. The van der Waals surface area contributed by atoms with Gasteiger partial charge in [-0.25, -0.2) is 0 Å². The summed E-state index contributed by atoms with van der Waals surface area (Å²) in [7, 11) is 0. The third kappa shape index (κ3) is 44.9. The summed E-state index contributed by atoms with van der Waals surface area (Å²) in [4.78, 5) is 26.2. The molecular formula is C56H107NO5. The van der Waals surface area contributed by atoms with Gasteiger partial charge in [-0.3, -0.25) is 9.59 Å². The molecule has 62 heavy (non-hydrogen) atoms. The van der Waals surface area contributed by atoms with Gasteiger partial charge in [0.2, 0.25) is 5.91 Å². The van der Waals surface area contributed by atoms with Gasteiger partial charge in [0.1, 0.15) is 6.10 Å². The monoisotopic (exact) mass is 874 g/mol. The first-order valence-electron chi connectivity index (χ1n) is 27.6. The lowest BCUT2D eigenvalue weighted by molar-refractivity contribution is -0.151. The Morgan fingerprint density at radius 2 is 0.774 bits per heavy atom. The van der Waals surface area contributed by atoms with Gasteiger partial charge in [0.15, 0.2) is 0 Å². The molecular weight excluding hydrogens is 767 g/mol. The summed E-state index contributed by atoms with van der Waals surface area (Å²) in [6.45, 7) is 6.48. The summed E-state index contributed by atoms with van der Waals surface area (Å²) in [6.07, 6.45) is 58.2. The van der Waals surface area contributed by atoms with E-state index in [9.17, 15) is 19.8 Å². The molecule has 0 aromatic carbocycles. The van der Waals surface area contributed by atoms with Crippen LogP contribution in [-0.2, 0) is 14.3 Å². The van der Waals surface area contributed by atoms with Crippen molar-refractivity contribution in [3.63, 3.8) is 0 Å². The predicted molar refractivity (Wildman–Crippen MR) is 269 cm³/mol. The van der Waals surface area contributed by atoms with Crippen LogP contribution in [0.1, 0.15) is 297 Å². The van der Waals surface area contributed by atoms with Crippen molar-refractivity contribution in [3.8, 4) is 0 Å². The number of carbonyl (C=O) groups is 2. The number of allylic oxidation sites excluding steroid dienone is 4. The molecule has 1 amide bonds. The number of carbonyl (C=O) groups excluding carboxylic acids is 2. The number of amides is 1. The fourth-order valence-corrected chi connectivity index (χ4v) is 8.54. The molecule has 0 aliphatic rings. The van der Waals surface area contributed by atoms with E-state index in [1.54, 1.807) is 0 Å². The van der Waals surface area contributed by atoms with Crippen molar-refractivity contribution in [3.05, 3.63) is 24.3 Å². The Balaban J connectivity index is 4.50. The Bertz CT molecular complexity index is 981. The van der Waals surface area contributed by atoms with E-state index < -0.39 is 18.2 Å². The second kappa shape index (κ2) is 50.3. The molecule has 0 bridgehead atoms. The van der Waals surface area contributed by atoms with Gasteiger partial charge in [0.05, 0.1) is 25.2 Å². The minimum Gasteiger partial charge on any atom is -0.462 e. The lowest BCUT2D eigenvalue weighted by Gasteiger charge is -2.24. The van der Waals surface area contributed by atoms with Gasteiger partial charge >= 0.3 is 5.97 Å². The Hall–Kier alpha value is -1.66. The predicted octanol–water partition coefficient (Wildman–Crippen LogP) is 16.7. The van der Waals surface area contributed by atoms with Crippen molar-refractivity contribution in [2.75, 3.05) is 6.61 Å². The second-order valence-corrected chi connectivity index (χ2v) is 19.0. The fraction of sp³-hybridized carbons (Fsp3) is 0.893. The lowest BCUT2D eigenvalue weighted by Crippen LogP contribution is -2.46. The molecule has 0 saturated carbocycles. The minimum atomic E-state index is -0.785. The maximum atomic E-state index is 13.2. The number of unbranched alkanes of at least 4 members (excludes halogenated alkanes) is 34. The molecule has 0 spiro atoms. The van der Waals surface area contributed by atoms with Crippen LogP contribution in [-0.4, -0.2) is 46.9 Å². The second-order valence-electron chi connectivity index (χ2n) is 19.0. The van der Waals surface area contributed by atoms with Gasteiger partial charge in [-0.15, -0.1) is 0 Å². The molecule has 0 saturated heterocycles. The number of hydrogen-bond acceptors (Lipinski definition) is 5. The molecule has 3 N–H and O–H groups in total. The van der Waals surface area contributed by atoms with Gasteiger partial charge < -0.3 is 20.3 Å². The van der Waals surface area contributed by atoms with Crippen molar-refractivity contribution in [2.45, 2.75) is 315 Å². The smallest absolute Gasteiger partial charge is 0.306 e. The number of aliphatic hydroxyl groups excluding tert-OH is 2. The highest BCUT2D eigenvalue weighted by Crippen LogP contribution is 2.18. The topological polar surface area (TPSA) is 95.9 Å². The van der Waals surface area contributed by atoms with E-state index in [1.165, 1.54) is 186 Å². The summed E-state index contributed by atoms with van der Waals surface area (Å²) < 4.78 is 5.95. The number of nitrogens with one attached hydrogen (secondary N) is 1. The van der Waals surface area contributed by atoms with Crippen LogP contribution in [0.15, 0.2) is 24.3 Å². The molecule has 0 aromatic heterocycles. The highest BCUT2D eigenvalue weighted by atomic mass is 16.5. The van der Waals surface area contributed by atoms with Crippen molar-refractivity contribution in [2.24, 2.45) is 0 Å². The number of rotatable bonds is 50. The Morgan fingerprint density at radius 3 is 1.15 bits per heavy atom. The molecule has 0 aromatic rings. The first-order chi connectivity index (χ1) is 30.5. The normalized spacial score (nSPS) is 13.3. The van der Waals surface area contributed by atoms with Crippen LogP contribution in [0, 0.1) is 0 Å². The van der Waals surface area contributed by atoms with E-state index in [4.69, 9.17) is 4.74 Å². The zero-order valence-corrected chi connectivity index (χ0v) is 41.8. The van der Waals surface area contributed by atoms with Gasteiger partial charge in [-0.05, 0) is 77.0 Å². The molecule has 0 rings (SSSR count). The van der Waals surface area contributed by atoms with Crippen LogP contribution < -0.4 is 5.32 Å². The van der Waals surface area contributed by atoms with E-state index in [1.807, 2.05) is 0 Å². The van der Waals surface area contributed by atoms with E-state index >= 15 is 0 Å². The number of esters is 1. The maximum absolute atomic E-state index is 13.2. The molecule has 3 unspecified atom stereocenters. The van der Waals surface area contributed by atoms with Gasteiger partial charge in [-0.2, -0.15) is 0 Å². The van der Waals surface area contributed by atoms with Crippen LogP contribution in [0.2, 0.25) is 0 Å². The van der Waals surface area contributed by atoms with Crippen LogP contribution in [0.5, 0.6) is 0 Å². The fourth-order valence-electron chi connectivity index (χ4n) is 8.54. The van der Waals surface area contributed by atoms with Crippen molar-refractivity contribution < 1.29 is 24.5 Å². The average molecular weight is 874 g/mol. The van der Waals surface area contributed by atoms with Crippen molar-refractivity contribution >= 4 is 11.9 Å². The van der Waals surface area contributed by atoms with Gasteiger partial charge in [-0.1, -0.05) is 231 Å². The summed E-state index contributed by atoms with van der Waals surface area (Å²) in [5, 5.41) is 23.7. The zero-order valence-electron chi connectivity index (χ0n) is 41.8. The molecule has 0 radical (unpaired) electrons. The number of ether oxygens (including phenoxy) is 1. The van der Waals surface area contributed by atoms with E-state index in [-0.39, 0.29) is 24.9 Å². The van der Waals surface area contributed by atoms with Crippen LogP contribution in [0.3, 0.4) is 0 Å². The highest BCUT2D eigenvalue weighted by Gasteiger charge is 2.24. The first-order valence-corrected chi connectivity index (χ1v) is 27.6. The quantitative estimate of drug-likeness (QED) is 0.0321. The Morgan fingerprint density at radius 1 is 0.452 bits per heavy atom. The standard InChI is InChI=1S/C56H107NO5/c1-4-7-10-13-16-19-21-23-25-26-27-28-30-32-34-37-40-43-46-49-56(61)62-52(47-44-41-38-36-33-31-29-24-22-20-17-14-11-8-5-2)50-55(60)57-53(51-58)54(59)48-45-42-39-35-18-15-12-9-6-3/h23-25,29,52-54,58-59H,4-22,26-28,30-51H2,1-3H3,(H,57,60)/b25-23+,29-24+. The molecule has 366 valence electrons. The van der Waals surface area contributed by atoms with Gasteiger partial charge in [0.25, 0.3) is 0 Å². The largest absolute Gasteiger partial charge is 0.462 e. The first kappa shape index (κ1) is 60.3. The maximum Gasteiger partial charge on any atom is 0.306 e. The summed E-state index contributed by atoms with van der Waals surface area (Å²) in [6, 6.07) is -0.700.